The van der Waals surface area contributed by atoms with Gasteiger partial charge in [0.25, 0.3) is 5.91 Å². The van der Waals surface area contributed by atoms with Crippen molar-refractivity contribution in [3.8, 4) is 0 Å². The van der Waals surface area contributed by atoms with Crippen LogP contribution in [0, 0.1) is 0 Å². The normalized spacial score (nSPS) is 27.8. The van der Waals surface area contributed by atoms with E-state index < -0.39 is 0 Å². The maximum Gasteiger partial charge on any atom is 0.255 e. The molecule has 1 aromatic heterocycles. The molecule has 1 aromatic rings. The molecule has 2 unspecified atom stereocenters. The molecule has 3 aliphatic rings. The zero-order valence-electron chi connectivity index (χ0n) is 12.0. The molecule has 3 heterocycles. The molecule has 4 rings (SSSR count). The number of nitrogens with zero attached hydrogens (tertiary/aromatic N) is 2. The fourth-order valence-corrected chi connectivity index (χ4v) is 4.38. The fraction of sp³-hybridized carbons (Fsp3) is 0.529. The van der Waals surface area contributed by atoms with E-state index in [4.69, 9.17) is 0 Å². The first-order valence-corrected chi connectivity index (χ1v) is 8.64. The van der Waals surface area contributed by atoms with Crippen molar-refractivity contribution in [1.29, 1.82) is 0 Å². The molecule has 0 N–H and O–H groups in total. The number of pyridine rings is 1. The topological polar surface area (TPSA) is 33.2 Å². The third-order valence-corrected chi connectivity index (χ3v) is 5.66. The summed E-state index contributed by atoms with van der Waals surface area (Å²) in [5.41, 5.74) is 4.08. The number of allylic oxidation sites excluding steroid dienone is 1. The van der Waals surface area contributed by atoms with Crippen LogP contribution in [0.25, 0.3) is 0 Å². The van der Waals surface area contributed by atoms with E-state index in [9.17, 15) is 4.79 Å². The minimum atomic E-state index is 0.161. The van der Waals surface area contributed by atoms with Crippen LogP contribution in [-0.4, -0.2) is 27.9 Å². The van der Waals surface area contributed by atoms with Gasteiger partial charge >= 0.3 is 0 Å². The Hall–Kier alpha value is -1.16. The molecule has 0 radical (unpaired) electrons. The monoisotopic (exact) mass is 346 g/mol. The molecule has 1 aliphatic carbocycles. The van der Waals surface area contributed by atoms with Crippen molar-refractivity contribution in [3.63, 3.8) is 0 Å². The lowest BCUT2D eigenvalue weighted by molar-refractivity contribution is 0.0632. The Morgan fingerprint density at radius 1 is 1.14 bits per heavy atom. The number of fused-ring (bicyclic) bond motifs is 2. The van der Waals surface area contributed by atoms with Crippen LogP contribution in [-0.2, 0) is 0 Å². The standard InChI is InChI=1S/C17H19BrN2O/c18-14-6-13(9-19-10-14)17(21)20-15-4-5-16(20)8-12(7-15)11-2-1-3-11/h6,9-10,15-16H,1-5,7-8H2. The number of hydrogen-bond acceptors (Lipinski definition) is 2. The molecule has 110 valence electrons. The van der Waals surface area contributed by atoms with Crippen molar-refractivity contribution in [2.45, 2.75) is 57.0 Å². The van der Waals surface area contributed by atoms with Gasteiger partial charge in [-0.2, -0.15) is 0 Å². The Balaban J connectivity index is 1.58. The predicted molar refractivity (Wildman–Crippen MR) is 85.0 cm³/mol. The van der Waals surface area contributed by atoms with Gasteiger partial charge < -0.3 is 4.90 Å². The highest BCUT2D eigenvalue weighted by Gasteiger charge is 2.42. The SMILES string of the molecule is O=C(c1cncc(Br)c1)N1C2CCC1CC(=C1CCC1)C2. The third-order valence-electron chi connectivity index (χ3n) is 5.23. The highest BCUT2D eigenvalue weighted by atomic mass is 79.9. The van der Waals surface area contributed by atoms with Crippen molar-refractivity contribution in [2.75, 3.05) is 0 Å². The van der Waals surface area contributed by atoms with E-state index in [2.05, 4.69) is 25.8 Å². The van der Waals surface area contributed by atoms with Gasteiger partial charge in [0.05, 0.1) is 5.56 Å². The largest absolute Gasteiger partial charge is 0.332 e. The predicted octanol–water partition coefficient (Wildman–Crippen LogP) is 4.09. The molecule has 2 bridgehead atoms. The molecule has 2 atom stereocenters. The van der Waals surface area contributed by atoms with Gasteiger partial charge in [0, 0.05) is 29.0 Å². The smallest absolute Gasteiger partial charge is 0.255 e. The number of aromatic nitrogens is 1. The highest BCUT2D eigenvalue weighted by molar-refractivity contribution is 9.10. The van der Waals surface area contributed by atoms with Crippen LogP contribution in [0.2, 0.25) is 0 Å². The Bertz CT molecular complexity index is 603. The van der Waals surface area contributed by atoms with E-state index in [1.807, 2.05) is 6.07 Å². The van der Waals surface area contributed by atoms with Gasteiger partial charge in [-0.15, -0.1) is 0 Å². The Morgan fingerprint density at radius 3 is 2.43 bits per heavy atom. The van der Waals surface area contributed by atoms with Crippen LogP contribution >= 0.6 is 15.9 Å². The summed E-state index contributed by atoms with van der Waals surface area (Å²) in [4.78, 5) is 19.1. The van der Waals surface area contributed by atoms with Crippen molar-refractivity contribution in [2.24, 2.45) is 0 Å². The summed E-state index contributed by atoms with van der Waals surface area (Å²) in [6.45, 7) is 0. The van der Waals surface area contributed by atoms with Gasteiger partial charge in [0.1, 0.15) is 0 Å². The summed E-state index contributed by atoms with van der Waals surface area (Å²) in [5.74, 6) is 0.161. The third kappa shape index (κ3) is 2.33. The molecule has 4 heteroatoms. The molecule has 21 heavy (non-hydrogen) atoms. The second-order valence-corrected chi connectivity index (χ2v) is 7.37. The lowest BCUT2D eigenvalue weighted by Gasteiger charge is -2.38. The molecule has 2 saturated heterocycles. The van der Waals surface area contributed by atoms with E-state index in [0.29, 0.717) is 17.6 Å². The molecule has 2 aliphatic heterocycles. The van der Waals surface area contributed by atoms with Crippen LogP contribution in [0.3, 0.4) is 0 Å². The molecule has 0 spiro atoms. The minimum absolute atomic E-state index is 0.161. The van der Waals surface area contributed by atoms with Gasteiger partial charge in [-0.05, 0) is 66.9 Å². The van der Waals surface area contributed by atoms with E-state index >= 15 is 0 Å². The summed E-state index contributed by atoms with van der Waals surface area (Å²) >= 11 is 3.41. The summed E-state index contributed by atoms with van der Waals surface area (Å²) in [7, 11) is 0. The average Bonchev–Trinajstić information content (AvgIpc) is 2.67. The number of halogens is 1. The van der Waals surface area contributed by atoms with Crippen LogP contribution in [0.15, 0.2) is 34.1 Å². The van der Waals surface area contributed by atoms with Gasteiger partial charge in [-0.3, -0.25) is 9.78 Å². The van der Waals surface area contributed by atoms with Crippen LogP contribution < -0.4 is 0 Å². The summed E-state index contributed by atoms with van der Waals surface area (Å²) < 4.78 is 0.870. The van der Waals surface area contributed by atoms with Crippen LogP contribution in [0.4, 0.5) is 0 Å². The van der Waals surface area contributed by atoms with Crippen molar-refractivity contribution < 1.29 is 4.79 Å². The second-order valence-electron chi connectivity index (χ2n) is 6.46. The van der Waals surface area contributed by atoms with Crippen LogP contribution in [0.5, 0.6) is 0 Å². The van der Waals surface area contributed by atoms with E-state index in [-0.39, 0.29) is 5.91 Å². The van der Waals surface area contributed by atoms with Gasteiger partial charge in [0.2, 0.25) is 0 Å². The maximum atomic E-state index is 12.8. The lowest BCUT2D eigenvalue weighted by Crippen LogP contribution is -2.45. The fourth-order valence-electron chi connectivity index (χ4n) is 4.02. The maximum absolute atomic E-state index is 12.8. The number of rotatable bonds is 1. The van der Waals surface area contributed by atoms with E-state index in [0.717, 1.165) is 30.2 Å². The number of amides is 1. The van der Waals surface area contributed by atoms with E-state index in [1.165, 1.54) is 19.3 Å². The molecule has 0 aromatic carbocycles. The van der Waals surface area contributed by atoms with E-state index in [1.54, 1.807) is 23.5 Å². The first kappa shape index (κ1) is 13.5. The highest BCUT2D eigenvalue weighted by Crippen LogP contribution is 2.43. The number of hydrogen-bond donors (Lipinski definition) is 0. The number of piperidine rings is 1. The lowest BCUT2D eigenvalue weighted by atomic mass is 9.82. The first-order valence-electron chi connectivity index (χ1n) is 7.85. The van der Waals surface area contributed by atoms with Crippen molar-refractivity contribution in [3.05, 3.63) is 39.6 Å². The molecule has 3 fully saturated rings. The van der Waals surface area contributed by atoms with Crippen molar-refractivity contribution in [1.82, 2.24) is 9.88 Å². The van der Waals surface area contributed by atoms with Gasteiger partial charge in [-0.1, -0.05) is 11.1 Å². The minimum Gasteiger partial charge on any atom is -0.332 e. The average molecular weight is 347 g/mol. The Kier molecular flexibility index (Phi) is 3.37. The number of carbonyl (C=O) groups excluding carboxylic acids is 1. The first-order chi connectivity index (χ1) is 10.2. The molecule has 1 amide bonds. The summed E-state index contributed by atoms with van der Waals surface area (Å²) in [6, 6.07) is 2.71. The van der Waals surface area contributed by atoms with Crippen molar-refractivity contribution >= 4 is 21.8 Å². The second kappa shape index (κ2) is 5.24. The zero-order valence-corrected chi connectivity index (χ0v) is 13.6. The molecular weight excluding hydrogens is 328 g/mol. The molecular formula is C17H19BrN2O. The zero-order chi connectivity index (χ0) is 14.4. The van der Waals surface area contributed by atoms with Gasteiger partial charge in [-0.25, -0.2) is 0 Å². The number of carbonyl (C=O) groups is 1. The quantitative estimate of drug-likeness (QED) is 0.717. The van der Waals surface area contributed by atoms with Crippen LogP contribution in [0.1, 0.15) is 55.3 Å². The van der Waals surface area contributed by atoms with Gasteiger partial charge in [0.15, 0.2) is 0 Å². The summed E-state index contributed by atoms with van der Waals surface area (Å²) in [5, 5.41) is 0. The Labute approximate surface area is 133 Å². The molecule has 1 saturated carbocycles. The summed E-state index contributed by atoms with van der Waals surface area (Å²) in [6.07, 6.45) is 11.9. The molecule has 3 nitrogen and oxygen atoms in total. The Morgan fingerprint density at radius 2 is 1.86 bits per heavy atom.